The number of carbonyl (C=O) groups is 1. The van der Waals surface area contributed by atoms with Gasteiger partial charge >= 0.3 is 0 Å². The van der Waals surface area contributed by atoms with Crippen LogP contribution in [0.5, 0.6) is 0 Å². The third kappa shape index (κ3) is 8.12. The van der Waals surface area contributed by atoms with Crippen molar-refractivity contribution < 1.29 is 4.79 Å². The van der Waals surface area contributed by atoms with E-state index in [4.69, 9.17) is 5.73 Å². The Morgan fingerprint density at radius 3 is 2.38 bits per heavy atom. The molecule has 0 aliphatic carbocycles. The van der Waals surface area contributed by atoms with Gasteiger partial charge in [-0.25, -0.2) is 0 Å². The summed E-state index contributed by atoms with van der Waals surface area (Å²) in [5.74, 6) is 1.94. The van der Waals surface area contributed by atoms with Crippen molar-refractivity contribution in [2.24, 2.45) is 5.73 Å². The lowest BCUT2D eigenvalue weighted by Gasteiger charge is -2.17. The lowest BCUT2D eigenvalue weighted by atomic mass is 10.1. The molecule has 0 aromatic rings. The molecule has 3 nitrogen and oxygen atoms in total. The minimum absolute atomic E-state index is 0.133. The molecule has 0 bridgehead atoms. The first-order chi connectivity index (χ1) is 5.83. The molecule has 2 N–H and O–H groups in total. The van der Waals surface area contributed by atoms with E-state index in [-0.39, 0.29) is 11.4 Å². The van der Waals surface area contributed by atoms with Crippen LogP contribution in [0.1, 0.15) is 20.3 Å². The molecule has 4 heteroatoms. The Labute approximate surface area is 85.0 Å². The Balaban J connectivity index is 3.42. The Morgan fingerprint density at radius 2 is 2.00 bits per heavy atom. The summed E-state index contributed by atoms with van der Waals surface area (Å²) in [6.45, 7) is 3.99. The maximum Gasteiger partial charge on any atom is 0.222 e. The van der Waals surface area contributed by atoms with Crippen LogP contribution in [0.4, 0.5) is 0 Å². The zero-order valence-corrected chi connectivity index (χ0v) is 9.78. The fourth-order valence-corrected chi connectivity index (χ4v) is 1.71. The van der Waals surface area contributed by atoms with Crippen LogP contribution in [0, 0.1) is 0 Å². The summed E-state index contributed by atoms with van der Waals surface area (Å²) in [6, 6.07) is 0. The average molecular weight is 204 g/mol. The van der Waals surface area contributed by atoms with Gasteiger partial charge in [0.25, 0.3) is 0 Å². The van der Waals surface area contributed by atoms with E-state index in [1.165, 1.54) is 0 Å². The third-order valence-electron chi connectivity index (χ3n) is 1.43. The van der Waals surface area contributed by atoms with Crippen LogP contribution in [0.15, 0.2) is 0 Å². The summed E-state index contributed by atoms with van der Waals surface area (Å²) in [5.41, 5.74) is 5.66. The second kappa shape index (κ2) is 5.50. The molecule has 0 unspecified atom stereocenters. The van der Waals surface area contributed by atoms with Crippen LogP contribution in [-0.2, 0) is 4.79 Å². The quantitative estimate of drug-likeness (QED) is 0.678. The normalized spacial score (nSPS) is 11.5. The van der Waals surface area contributed by atoms with Gasteiger partial charge in [-0.15, -0.1) is 0 Å². The lowest BCUT2D eigenvalue weighted by molar-refractivity contribution is -0.128. The van der Waals surface area contributed by atoms with Crippen molar-refractivity contribution in [3.05, 3.63) is 0 Å². The van der Waals surface area contributed by atoms with Crippen LogP contribution >= 0.6 is 11.8 Å². The highest BCUT2D eigenvalue weighted by Crippen LogP contribution is 2.10. The molecule has 0 spiro atoms. The van der Waals surface area contributed by atoms with E-state index in [2.05, 4.69) is 0 Å². The summed E-state index contributed by atoms with van der Waals surface area (Å²) in [5, 5.41) is 0. The van der Waals surface area contributed by atoms with Crippen molar-refractivity contribution >= 4 is 17.7 Å². The molecular formula is C9H20N2OS. The van der Waals surface area contributed by atoms with Gasteiger partial charge < -0.3 is 10.6 Å². The summed E-state index contributed by atoms with van der Waals surface area (Å²) >= 11 is 1.73. The van der Waals surface area contributed by atoms with E-state index in [1.54, 1.807) is 30.8 Å². The average Bonchev–Trinajstić information content (AvgIpc) is 1.95. The van der Waals surface area contributed by atoms with Gasteiger partial charge in [-0.2, -0.15) is 11.8 Å². The number of hydrogen-bond donors (Lipinski definition) is 1. The Morgan fingerprint density at radius 1 is 1.46 bits per heavy atom. The van der Waals surface area contributed by atoms with Gasteiger partial charge in [0.2, 0.25) is 5.91 Å². The van der Waals surface area contributed by atoms with Crippen LogP contribution in [0.2, 0.25) is 0 Å². The standard InChI is InChI=1S/C9H20N2OS/c1-9(2,10)7-13-6-5-8(12)11(3)4/h5-7,10H2,1-4H3. The number of nitrogens with two attached hydrogens (primary N) is 1. The van der Waals surface area contributed by atoms with Crippen molar-refractivity contribution in [2.45, 2.75) is 25.8 Å². The Hall–Kier alpha value is -0.220. The molecular weight excluding hydrogens is 184 g/mol. The Kier molecular flexibility index (Phi) is 5.40. The summed E-state index contributed by atoms with van der Waals surface area (Å²) in [4.78, 5) is 12.8. The zero-order valence-electron chi connectivity index (χ0n) is 8.96. The molecule has 0 aliphatic heterocycles. The van der Waals surface area contributed by atoms with Crippen LogP contribution in [-0.4, -0.2) is 41.9 Å². The second-order valence-corrected chi connectivity index (χ2v) is 5.18. The fourth-order valence-electron chi connectivity index (χ4n) is 0.718. The Bertz CT molecular complexity index is 163. The van der Waals surface area contributed by atoms with Gasteiger partial charge in [-0.1, -0.05) is 0 Å². The summed E-state index contributed by atoms with van der Waals surface area (Å²) in [6.07, 6.45) is 0.605. The van der Waals surface area contributed by atoms with Gasteiger partial charge in [-0.05, 0) is 13.8 Å². The zero-order chi connectivity index (χ0) is 10.5. The van der Waals surface area contributed by atoms with E-state index >= 15 is 0 Å². The van der Waals surface area contributed by atoms with Crippen molar-refractivity contribution in [3.63, 3.8) is 0 Å². The lowest BCUT2D eigenvalue weighted by Crippen LogP contribution is -2.35. The van der Waals surface area contributed by atoms with E-state index in [1.807, 2.05) is 13.8 Å². The minimum Gasteiger partial charge on any atom is -0.349 e. The summed E-state index contributed by atoms with van der Waals surface area (Å²) in [7, 11) is 3.56. The first kappa shape index (κ1) is 12.8. The van der Waals surface area contributed by atoms with Crippen LogP contribution in [0.3, 0.4) is 0 Å². The molecule has 0 aromatic heterocycles. The van der Waals surface area contributed by atoms with E-state index < -0.39 is 0 Å². The maximum absolute atomic E-state index is 11.1. The molecule has 0 radical (unpaired) electrons. The highest BCUT2D eigenvalue weighted by Gasteiger charge is 2.10. The van der Waals surface area contributed by atoms with Crippen molar-refractivity contribution in [1.29, 1.82) is 0 Å². The smallest absolute Gasteiger partial charge is 0.222 e. The molecule has 0 atom stereocenters. The highest BCUT2D eigenvalue weighted by molar-refractivity contribution is 7.99. The van der Waals surface area contributed by atoms with Gasteiger partial charge in [0.05, 0.1) is 0 Å². The molecule has 0 heterocycles. The largest absolute Gasteiger partial charge is 0.349 e. The number of thioether (sulfide) groups is 1. The van der Waals surface area contributed by atoms with Crippen LogP contribution < -0.4 is 5.73 Å². The number of rotatable bonds is 5. The van der Waals surface area contributed by atoms with Gasteiger partial charge in [0, 0.05) is 37.6 Å². The van der Waals surface area contributed by atoms with E-state index in [0.717, 1.165) is 11.5 Å². The minimum atomic E-state index is -0.133. The number of amides is 1. The predicted octanol–water partition coefficient (Wildman–Crippen LogP) is 0.935. The van der Waals surface area contributed by atoms with E-state index in [0.29, 0.717) is 6.42 Å². The van der Waals surface area contributed by atoms with Gasteiger partial charge in [-0.3, -0.25) is 4.79 Å². The summed E-state index contributed by atoms with van der Waals surface area (Å²) < 4.78 is 0. The van der Waals surface area contributed by atoms with Crippen molar-refractivity contribution in [2.75, 3.05) is 25.6 Å². The molecule has 0 saturated heterocycles. The fraction of sp³-hybridized carbons (Fsp3) is 0.889. The molecule has 0 aromatic carbocycles. The predicted molar refractivity (Wildman–Crippen MR) is 58.9 cm³/mol. The molecule has 78 valence electrons. The molecule has 0 saturated carbocycles. The molecule has 13 heavy (non-hydrogen) atoms. The third-order valence-corrected chi connectivity index (χ3v) is 2.87. The second-order valence-electron chi connectivity index (χ2n) is 4.08. The van der Waals surface area contributed by atoms with Crippen molar-refractivity contribution in [3.8, 4) is 0 Å². The number of carbonyl (C=O) groups excluding carboxylic acids is 1. The SMILES string of the molecule is CN(C)C(=O)CCSCC(C)(C)N. The topological polar surface area (TPSA) is 46.3 Å². The first-order valence-electron chi connectivity index (χ1n) is 4.40. The van der Waals surface area contributed by atoms with Gasteiger partial charge in [0.15, 0.2) is 0 Å². The monoisotopic (exact) mass is 204 g/mol. The first-order valence-corrected chi connectivity index (χ1v) is 5.55. The highest BCUT2D eigenvalue weighted by atomic mass is 32.2. The molecule has 1 amide bonds. The van der Waals surface area contributed by atoms with Crippen LogP contribution in [0.25, 0.3) is 0 Å². The molecule has 0 rings (SSSR count). The number of hydrogen-bond acceptors (Lipinski definition) is 3. The van der Waals surface area contributed by atoms with Gasteiger partial charge in [0.1, 0.15) is 0 Å². The van der Waals surface area contributed by atoms with Crippen molar-refractivity contribution in [1.82, 2.24) is 4.90 Å². The molecule has 0 fully saturated rings. The maximum atomic E-state index is 11.1. The van der Waals surface area contributed by atoms with E-state index in [9.17, 15) is 4.79 Å². The number of nitrogens with zero attached hydrogens (tertiary/aromatic N) is 1. The molecule has 0 aliphatic rings.